The number of fused-ring (bicyclic) bond motifs is 3. The molecule has 1 aliphatic heterocycles. The summed E-state index contributed by atoms with van der Waals surface area (Å²) in [7, 11) is 0. The smallest absolute Gasteiger partial charge is 0.319 e. The summed E-state index contributed by atoms with van der Waals surface area (Å²) < 4.78 is 6.88. The van der Waals surface area contributed by atoms with Crippen LogP contribution in [0.15, 0.2) is 28.2 Å². The Hall–Kier alpha value is -2.12. The van der Waals surface area contributed by atoms with Crippen molar-refractivity contribution in [3.8, 4) is 5.69 Å². The molecule has 3 aromatic rings. The molecule has 2 atom stereocenters. The fraction of sp³-hybridized carbons (Fsp3) is 0.435. The van der Waals surface area contributed by atoms with Gasteiger partial charge in [0.05, 0.1) is 17.7 Å². The van der Waals surface area contributed by atoms with Crippen LogP contribution < -0.4 is 5.56 Å². The molecule has 0 N–H and O–H groups in total. The number of aromatic nitrogens is 2. The van der Waals surface area contributed by atoms with Crippen molar-refractivity contribution >= 4 is 39.3 Å². The van der Waals surface area contributed by atoms with Crippen molar-refractivity contribution in [1.82, 2.24) is 9.55 Å². The predicted molar refractivity (Wildman–Crippen MR) is 121 cm³/mol. The number of rotatable bonds is 3. The fourth-order valence-corrected chi connectivity index (χ4v) is 6.83. The van der Waals surface area contributed by atoms with E-state index >= 15 is 0 Å². The van der Waals surface area contributed by atoms with E-state index in [9.17, 15) is 9.59 Å². The highest BCUT2D eigenvalue weighted by Gasteiger charge is 2.31. The standard InChI is InChI=1S/C23H24N2O3S2/c1-12-4-6-14(3)16(10-12)25-21(26)19-15-7-5-13(2)11-18(15)29-20(19)24-23(25)30-17-8-9-28-22(17)27/h4,6,10,13,17H,5,7-9,11H2,1-3H3/t13-,17-/m1/s1. The number of cyclic esters (lactones) is 1. The number of hydrogen-bond donors (Lipinski definition) is 0. The van der Waals surface area contributed by atoms with Gasteiger partial charge in [0.2, 0.25) is 0 Å². The van der Waals surface area contributed by atoms with E-state index in [1.165, 1.54) is 22.2 Å². The average molecular weight is 441 g/mol. The van der Waals surface area contributed by atoms with E-state index in [4.69, 9.17) is 9.72 Å². The van der Waals surface area contributed by atoms with E-state index in [1.807, 2.05) is 32.0 Å². The molecule has 30 heavy (non-hydrogen) atoms. The number of carbonyl (C=O) groups is 1. The maximum Gasteiger partial charge on any atom is 0.319 e. The summed E-state index contributed by atoms with van der Waals surface area (Å²) in [6, 6.07) is 6.11. The Balaban J connectivity index is 1.77. The first kappa shape index (κ1) is 19.8. The van der Waals surface area contributed by atoms with Gasteiger partial charge in [0.15, 0.2) is 5.16 Å². The maximum absolute atomic E-state index is 13.9. The van der Waals surface area contributed by atoms with Crippen LogP contribution in [-0.2, 0) is 22.4 Å². The SMILES string of the molecule is Cc1ccc(C)c(-n2c(S[C@@H]3CCOC3=O)nc3sc4c(c3c2=O)CC[C@@H](C)C4)c1. The van der Waals surface area contributed by atoms with Gasteiger partial charge in [-0.3, -0.25) is 14.2 Å². The second-order valence-corrected chi connectivity index (χ2v) is 10.7. The Morgan fingerprint density at radius 2 is 2.07 bits per heavy atom. The Morgan fingerprint density at radius 1 is 1.23 bits per heavy atom. The highest BCUT2D eigenvalue weighted by molar-refractivity contribution is 8.00. The normalized spacial score (nSPS) is 21.1. The number of aryl methyl sites for hydroxylation is 3. The summed E-state index contributed by atoms with van der Waals surface area (Å²) in [5.74, 6) is 0.412. The minimum absolute atomic E-state index is 0.0189. The van der Waals surface area contributed by atoms with Crippen molar-refractivity contribution < 1.29 is 9.53 Å². The molecule has 5 nitrogen and oxygen atoms in total. The van der Waals surface area contributed by atoms with Crippen LogP contribution in [0.1, 0.15) is 41.3 Å². The van der Waals surface area contributed by atoms with Gasteiger partial charge in [0.25, 0.3) is 5.56 Å². The second-order valence-electron chi connectivity index (χ2n) is 8.42. The molecular formula is C23H24N2O3S2. The van der Waals surface area contributed by atoms with E-state index in [1.54, 1.807) is 15.9 Å². The van der Waals surface area contributed by atoms with Crippen LogP contribution in [0.5, 0.6) is 0 Å². The van der Waals surface area contributed by atoms with Gasteiger partial charge >= 0.3 is 5.97 Å². The van der Waals surface area contributed by atoms with E-state index in [-0.39, 0.29) is 16.8 Å². The fourth-order valence-electron chi connectivity index (χ4n) is 4.33. The third kappa shape index (κ3) is 3.28. The topological polar surface area (TPSA) is 61.2 Å². The monoisotopic (exact) mass is 440 g/mol. The predicted octanol–water partition coefficient (Wildman–Crippen LogP) is 4.60. The van der Waals surface area contributed by atoms with Crippen LogP contribution in [0.3, 0.4) is 0 Å². The second kappa shape index (κ2) is 7.54. The first-order valence-electron chi connectivity index (χ1n) is 10.4. The Labute approximate surface area is 183 Å². The van der Waals surface area contributed by atoms with Gasteiger partial charge in [-0.2, -0.15) is 0 Å². The highest BCUT2D eigenvalue weighted by Crippen LogP contribution is 2.38. The number of esters is 1. The molecule has 0 radical (unpaired) electrons. The van der Waals surface area contributed by atoms with Crippen molar-refractivity contribution in [1.29, 1.82) is 0 Å². The lowest BCUT2D eigenvalue weighted by molar-refractivity contribution is -0.137. The van der Waals surface area contributed by atoms with Crippen molar-refractivity contribution in [3.05, 3.63) is 50.1 Å². The number of thioether (sulfide) groups is 1. The van der Waals surface area contributed by atoms with Gasteiger partial charge in [-0.05, 0) is 61.8 Å². The lowest BCUT2D eigenvalue weighted by Gasteiger charge is -2.18. The molecule has 1 fully saturated rings. The molecule has 0 amide bonds. The minimum Gasteiger partial charge on any atom is -0.465 e. The first-order chi connectivity index (χ1) is 14.4. The molecule has 156 valence electrons. The van der Waals surface area contributed by atoms with Crippen LogP contribution in [0.25, 0.3) is 15.9 Å². The Bertz CT molecular complexity index is 1230. The number of ether oxygens (including phenoxy) is 1. The summed E-state index contributed by atoms with van der Waals surface area (Å²) >= 11 is 3.00. The average Bonchev–Trinajstić information content (AvgIpc) is 3.27. The van der Waals surface area contributed by atoms with Gasteiger partial charge in [-0.25, -0.2) is 4.98 Å². The van der Waals surface area contributed by atoms with Crippen molar-refractivity contribution in [2.24, 2.45) is 5.92 Å². The number of carbonyl (C=O) groups excluding carboxylic acids is 1. The van der Waals surface area contributed by atoms with Crippen LogP contribution >= 0.6 is 23.1 Å². The number of hydrogen-bond acceptors (Lipinski definition) is 6. The van der Waals surface area contributed by atoms with Crippen molar-refractivity contribution in [2.75, 3.05) is 6.61 Å². The summed E-state index contributed by atoms with van der Waals surface area (Å²) in [6.45, 7) is 6.73. The summed E-state index contributed by atoms with van der Waals surface area (Å²) in [6.07, 6.45) is 3.69. The summed E-state index contributed by atoms with van der Waals surface area (Å²) in [5.41, 5.74) is 4.10. The molecular weight excluding hydrogens is 416 g/mol. The van der Waals surface area contributed by atoms with Crippen molar-refractivity contribution in [3.63, 3.8) is 0 Å². The zero-order chi connectivity index (χ0) is 21.0. The highest BCUT2D eigenvalue weighted by atomic mass is 32.2. The zero-order valence-corrected chi connectivity index (χ0v) is 19.0. The third-order valence-corrected chi connectivity index (χ3v) is 8.38. The zero-order valence-electron chi connectivity index (χ0n) is 17.4. The number of benzene rings is 1. The molecule has 0 bridgehead atoms. The lowest BCUT2D eigenvalue weighted by Crippen LogP contribution is -2.24. The minimum atomic E-state index is -0.319. The van der Waals surface area contributed by atoms with Gasteiger partial charge in [-0.1, -0.05) is 30.8 Å². The van der Waals surface area contributed by atoms with Crippen LogP contribution in [0, 0.1) is 19.8 Å². The molecule has 0 spiro atoms. The number of nitrogens with zero attached hydrogens (tertiary/aromatic N) is 2. The number of thiophene rings is 1. The maximum atomic E-state index is 13.9. The third-order valence-electron chi connectivity index (χ3n) is 6.04. The molecule has 2 aromatic heterocycles. The molecule has 0 saturated carbocycles. The molecule has 1 aromatic carbocycles. The largest absolute Gasteiger partial charge is 0.465 e. The van der Waals surface area contributed by atoms with Gasteiger partial charge < -0.3 is 4.74 Å². The van der Waals surface area contributed by atoms with Gasteiger partial charge in [0, 0.05) is 11.3 Å². The first-order valence-corrected chi connectivity index (χ1v) is 12.1. The molecule has 5 rings (SSSR count). The van der Waals surface area contributed by atoms with E-state index in [0.717, 1.165) is 46.3 Å². The molecule has 0 unspecified atom stereocenters. The molecule has 2 aliphatic rings. The van der Waals surface area contributed by atoms with Crippen molar-refractivity contribution in [2.45, 2.75) is 56.9 Å². The Morgan fingerprint density at radius 3 is 2.83 bits per heavy atom. The summed E-state index contributed by atoms with van der Waals surface area (Å²) in [4.78, 5) is 33.1. The summed E-state index contributed by atoms with van der Waals surface area (Å²) in [5, 5.41) is 1.03. The molecule has 3 heterocycles. The lowest BCUT2D eigenvalue weighted by atomic mass is 9.89. The van der Waals surface area contributed by atoms with Crippen LogP contribution in [0.4, 0.5) is 0 Å². The Kier molecular flexibility index (Phi) is 4.98. The molecule has 1 aliphatic carbocycles. The quantitative estimate of drug-likeness (QED) is 0.440. The van der Waals surface area contributed by atoms with E-state index < -0.39 is 0 Å². The van der Waals surface area contributed by atoms with Crippen LogP contribution in [0.2, 0.25) is 0 Å². The van der Waals surface area contributed by atoms with E-state index in [0.29, 0.717) is 24.1 Å². The van der Waals surface area contributed by atoms with E-state index in [2.05, 4.69) is 6.92 Å². The van der Waals surface area contributed by atoms with Crippen LogP contribution in [-0.4, -0.2) is 27.4 Å². The van der Waals surface area contributed by atoms with Gasteiger partial charge in [-0.15, -0.1) is 11.3 Å². The van der Waals surface area contributed by atoms with Gasteiger partial charge in [0.1, 0.15) is 10.1 Å². The molecule has 1 saturated heterocycles. The molecule has 7 heteroatoms.